The minimum Gasteiger partial charge on any atom is -0.493 e. The van der Waals surface area contributed by atoms with Crippen LogP contribution < -0.4 is 19.7 Å². The lowest BCUT2D eigenvalue weighted by molar-refractivity contribution is 0.307. The molecule has 0 unspecified atom stereocenters. The number of anilines is 3. The van der Waals surface area contributed by atoms with Crippen molar-refractivity contribution in [1.82, 2.24) is 24.5 Å². The van der Waals surface area contributed by atoms with Gasteiger partial charge in [0.05, 0.1) is 37.4 Å². The highest BCUT2D eigenvalue weighted by Gasteiger charge is 2.18. The van der Waals surface area contributed by atoms with Gasteiger partial charge >= 0.3 is 0 Å². The molecule has 0 radical (unpaired) electrons. The molecule has 1 N–H and O–H groups in total. The highest BCUT2D eigenvalue weighted by atomic mass is 16.5. The maximum atomic E-state index is 5.57. The number of likely N-dealkylation sites (N-methyl/N-ethyl adjacent to an activating group) is 1. The van der Waals surface area contributed by atoms with Gasteiger partial charge in [0, 0.05) is 20.7 Å². The van der Waals surface area contributed by atoms with Crippen molar-refractivity contribution in [2.75, 3.05) is 37.5 Å². The molecule has 3 aromatic heterocycles. The van der Waals surface area contributed by atoms with Gasteiger partial charge in [0.25, 0.3) is 0 Å². The molecule has 2 aliphatic rings. The van der Waals surface area contributed by atoms with E-state index in [-0.39, 0.29) is 1.43 Å². The van der Waals surface area contributed by atoms with Crippen LogP contribution >= 0.6 is 0 Å². The first-order valence-corrected chi connectivity index (χ1v) is 10.2. The van der Waals surface area contributed by atoms with E-state index in [2.05, 4.69) is 25.3 Å². The molecule has 1 fully saturated rings. The first-order valence-electron chi connectivity index (χ1n) is 10.2. The summed E-state index contributed by atoms with van der Waals surface area (Å²) in [5, 5.41) is 3.16. The fourth-order valence-corrected chi connectivity index (χ4v) is 2.96. The van der Waals surface area contributed by atoms with Crippen LogP contribution in [-0.2, 0) is 0 Å². The smallest absolute Gasteiger partial charge is 0.229 e. The number of fused-ring (bicyclic) bond motifs is 1. The van der Waals surface area contributed by atoms with Gasteiger partial charge in [0.1, 0.15) is 12.9 Å². The Kier molecular flexibility index (Phi) is 5.97. The van der Waals surface area contributed by atoms with Gasteiger partial charge in [-0.15, -0.1) is 0 Å². The largest absolute Gasteiger partial charge is 0.493 e. The zero-order valence-electron chi connectivity index (χ0n) is 17.6. The van der Waals surface area contributed by atoms with Crippen LogP contribution in [0, 0.1) is 6.92 Å². The summed E-state index contributed by atoms with van der Waals surface area (Å²) < 4.78 is 12.9. The third kappa shape index (κ3) is 4.45. The Labute approximate surface area is 177 Å². The molecule has 3 aromatic rings. The van der Waals surface area contributed by atoms with E-state index in [4.69, 9.17) is 9.47 Å². The summed E-state index contributed by atoms with van der Waals surface area (Å²) in [6, 6.07) is 1.85. The third-order valence-electron chi connectivity index (χ3n) is 5.05. The lowest BCUT2D eigenvalue weighted by atomic mass is 10.0. The molecule has 0 saturated heterocycles. The average Bonchev–Trinajstić information content (AvgIpc) is 3.13. The van der Waals surface area contributed by atoms with Crippen molar-refractivity contribution in [1.29, 1.82) is 0 Å². The van der Waals surface area contributed by atoms with Crippen LogP contribution in [-0.4, -0.2) is 51.8 Å². The molecular weight excluding hydrogens is 382 g/mol. The molecule has 9 nitrogen and oxygen atoms in total. The van der Waals surface area contributed by atoms with Crippen molar-refractivity contribution in [2.24, 2.45) is 0 Å². The number of methoxy groups -OCH3 is 1. The molecule has 1 aliphatic carbocycles. The SMILES string of the molecule is C1CCC1.COc1cc(Nc2ncc3c(n2)N(C)CCO3)cnc1-n1cnc(C)c1.[HH]. The summed E-state index contributed by atoms with van der Waals surface area (Å²) in [5.74, 6) is 3.20. The van der Waals surface area contributed by atoms with Gasteiger partial charge in [-0.05, 0) is 6.92 Å². The predicted octanol–water partition coefficient (Wildman–Crippen LogP) is 3.75. The maximum Gasteiger partial charge on any atom is 0.229 e. The van der Waals surface area contributed by atoms with E-state index in [9.17, 15) is 0 Å². The molecule has 0 aromatic carbocycles. The molecule has 30 heavy (non-hydrogen) atoms. The molecule has 1 saturated carbocycles. The highest BCUT2D eigenvalue weighted by molar-refractivity contribution is 5.61. The molecule has 0 atom stereocenters. The monoisotopic (exact) mass is 411 g/mol. The van der Waals surface area contributed by atoms with Crippen molar-refractivity contribution in [3.8, 4) is 17.3 Å². The van der Waals surface area contributed by atoms with Crippen LogP contribution in [0.2, 0.25) is 0 Å². The minimum absolute atomic E-state index is 0. The number of nitrogens with zero attached hydrogens (tertiary/aromatic N) is 6. The summed E-state index contributed by atoms with van der Waals surface area (Å²) >= 11 is 0. The zero-order valence-corrected chi connectivity index (χ0v) is 17.6. The summed E-state index contributed by atoms with van der Waals surface area (Å²) in [7, 11) is 3.58. The first-order chi connectivity index (χ1) is 14.6. The van der Waals surface area contributed by atoms with Crippen LogP contribution in [0.4, 0.5) is 17.5 Å². The van der Waals surface area contributed by atoms with Crippen LogP contribution in [0.5, 0.6) is 11.5 Å². The van der Waals surface area contributed by atoms with Crippen LogP contribution in [0.15, 0.2) is 31.0 Å². The normalized spacial score (nSPS) is 14.6. The number of ether oxygens (including phenoxy) is 2. The van der Waals surface area contributed by atoms with Crippen molar-refractivity contribution in [3.63, 3.8) is 0 Å². The lowest BCUT2D eigenvalue weighted by Gasteiger charge is -2.26. The van der Waals surface area contributed by atoms with E-state index in [0.717, 1.165) is 23.7 Å². The molecule has 4 heterocycles. The van der Waals surface area contributed by atoms with E-state index < -0.39 is 0 Å². The van der Waals surface area contributed by atoms with E-state index in [1.165, 1.54) is 25.7 Å². The number of aryl methyl sites for hydroxylation is 1. The molecule has 160 valence electrons. The third-order valence-corrected chi connectivity index (χ3v) is 5.05. The Hall–Kier alpha value is -3.36. The van der Waals surface area contributed by atoms with Gasteiger partial charge in [-0.25, -0.2) is 15.0 Å². The Morgan fingerprint density at radius 2 is 1.90 bits per heavy atom. The Morgan fingerprint density at radius 1 is 1.10 bits per heavy atom. The van der Waals surface area contributed by atoms with Gasteiger partial charge in [0.2, 0.25) is 5.95 Å². The van der Waals surface area contributed by atoms with Crippen molar-refractivity contribution >= 4 is 17.5 Å². The van der Waals surface area contributed by atoms with Crippen LogP contribution in [0.1, 0.15) is 32.8 Å². The van der Waals surface area contributed by atoms with Crippen molar-refractivity contribution in [3.05, 3.63) is 36.7 Å². The molecular formula is C21H29N7O2. The second-order valence-electron chi connectivity index (χ2n) is 7.36. The van der Waals surface area contributed by atoms with Gasteiger partial charge < -0.3 is 19.7 Å². The summed E-state index contributed by atoms with van der Waals surface area (Å²) in [6.45, 7) is 3.35. The maximum absolute atomic E-state index is 5.57. The van der Waals surface area contributed by atoms with E-state index >= 15 is 0 Å². The molecule has 0 bridgehead atoms. The number of aromatic nitrogens is 5. The van der Waals surface area contributed by atoms with Gasteiger partial charge in [-0.2, -0.15) is 4.98 Å². The molecule has 1 aliphatic heterocycles. The topological polar surface area (TPSA) is 90.2 Å². The minimum atomic E-state index is 0. The number of hydrogen-bond donors (Lipinski definition) is 1. The quantitative estimate of drug-likeness (QED) is 0.694. The van der Waals surface area contributed by atoms with Gasteiger partial charge in [-0.1, -0.05) is 25.7 Å². The number of imidazole rings is 1. The second-order valence-corrected chi connectivity index (χ2v) is 7.36. The fourth-order valence-electron chi connectivity index (χ4n) is 2.96. The summed E-state index contributed by atoms with van der Waals surface area (Å²) in [5.41, 5.74) is 1.63. The fraction of sp³-hybridized carbons (Fsp3) is 0.429. The number of pyridine rings is 1. The molecule has 5 rings (SSSR count). The van der Waals surface area contributed by atoms with Gasteiger partial charge in [0.15, 0.2) is 23.1 Å². The number of hydrogen-bond acceptors (Lipinski definition) is 8. The lowest BCUT2D eigenvalue weighted by Crippen LogP contribution is -2.30. The van der Waals surface area contributed by atoms with Crippen molar-refractivity contribution in [2.45, 2.75) is 32.6 Å². The molecule has 0 amide bonds. The standard InChI is InChI=1S/C17H19N7O2.C4H8.H2/c1-11-9-24(10-20-11)15-13(25-3)6-12(7-18-15)21-17-19-8-14-16(22-17)23(2)4-5-26-14;1-2-4-3-1;/h6-10H,4-5H2,1-3H3,(H,19,21,22);1-4H2;1H. The van der Waals surface area contributed by atoms with E-state index in [0.29, 0.717) is 29.9 Å². The summed E-state index contributed by atoms with van der Waals surface area (Å²) in [4.78, 5) is 19.6. The summed E-state index contributed by atoms with van der Waals surface area (Å²) in [6.07, 6.45) is 13.0. The Balaban J connectivity index is 0.000000491. The van der Waals surface area contributed by atoms with Crippen LogP contribution in [0.3, 0.4) is 0 Å². The van der Waals surface area contributed by atoms with E-state index in [1.54, 1.807) is 25.8 Å². The molecule has 0 spiro atoms. The second kappa shape index (κ2) is 8.98. The van der Waals surface area contributed by atoms with E-state index in [1.807, 2.05) is 35.7 Å². The Morgan fingerprint density at radius 3 is 2.57 bits per heavy atom. The molecule has 9 heteroatoms. The number of rotatable bonds is 4. The van der Waals surface area contributed by atoms with Gasteiger partial charge in [-0.3, -0.25) is 4.57 Å². The highest BCUT2D eigenvalue weighted by Crippen LogP contribution is 2.30. The first kappa shape index (κ1) is 19.9. The zero-order chi connectivity index (χ0) is 20.9. The Bertz CT molecular complexity index is 1000. The number of nitrogens with one attached hydrogen (secondary N) is 1. The van der Waals surface area contributed by atoms with Crippen molar-refractivity contribution < 1.29 is 10.9 Å². The average molecular weight is 412 g/mol. The predicted molar refractivity (Wildman–Crippen MR) is 117 cm³/mol. The van der Waals surface area contributed by atoms with Crippen LogP contribution in [0.25, 0.3) is 5.82 Å².